The monoisotopic (exact) mass is 340 g/mol. The maximum Gasteiger partial charge on any atom is 0.420 e. The number of carbonyl (C=O) groups excluding carboxylic acids is 1. The van der Waals surface area contributed by atoms with Gasteiger partial charge in [0, 0.05) is 7.05 Å². The molecule has 3 aromatic rings. The number of aromatic nitrogens is 1. The first-order chi connectivity index (χ1) is 12.0. The lowest BCUT2D eigenvalue weighted by atomic mass is 10.2. The van der Waals surface area contributed by atoms with Gasteiger partial charge >= 0.3 is 5.76 Å². The number of hydrogen-bond acceptors (Lipinski definition) is 4. The van der Waals surface area contributed by atoms with Gasteiger partial charge in [-0.05, 0) is 31.2 Å². The van der Waals surface area contributed by atoms with Crippen LogP contribution in [0.4, 0.5) is 0 Å². The van der Waals surface area contributed by atoms with Crippen LogP contribution in [0.15, 0.2) is 57.7 Å². The first kappa shape index (κ1) is 16.8. The Bertz CT molecular complexity index is 924. The highest BCUT2D eigenvalue weighted by atomic mass is 16.5. The van der Waals surface area contributed by atoms with Gasteiger partial charge in [-0.2, -0.15) is 0 Å². The number of amides is 1. The van der Waals surface area contributed by atoms with Crippen LogP contribution in [-0.4, -0.2) is 35.6 Å². The SMILES string of the molecule is Cc1ccc(OCCN(C)C(=O)Cn2c(=O)oc3ccccc32)cc1. The Balaban J connectivity index is 1.58. The number of likely N-dealkylation sites (N-methyl/N-ethyl adjacent to an activating group) is 1. The number of para-hydroxylation sites is 2. The molecule has 0 fully saturated rings. The van der Waals surface area contributed by atoms with Crippen molar-refractivity contribution in [1.82, 2.24) is 9.47 Å². The zero-order chi connectivity index (χ0) is 17.8. The number of fused-ring (bicyclic) bond motifs is 1. The van der Waals surface area contributed by atoms with E-state index in [9.17, 15) is 9.59 Å². The molecule has 1 amide bonds. The quantitative estimate of drug-likeness (QED) is 0.691. The van der Waals surface area contributed by atoms with E-state index in [1.165, 1.54) is 4.57 Å². The molecule has 1 heterocycles. The summed E-state index contributed by atoms with van der Waals surface area (Å²) in [6.07, 6.45) is 0. The molecule has 0 atom stereocenters. The van der Waals surface area contributed by atoms with Gasteiger partial charge in [-0.15, -0.1) is 0 Å². The molecule has 0 spiro atoms. The van der Waals surface area contributed by atoms with E-state index in [1.807, 2.05) is 31.2 Å². The van der Waals surface area contributed by atoms with Gasteiger partial charge < -0.3 is 14.1 Å². The van der Waals surface area contributed by atoms with Crippen molar-refractivity contribution in [3.05, 3.63) is 64.6 Å². The van der Waals surface area contributed by atoms with Gasteiger partial charge in [0.05, 0.1) is 12.1 Å². The van der Waals surface area contributed by atoms with Crippen molar-refractivity contribution in [1.29, 1.82) is 0 Å². The summed E-state index contributed by atoms with van der Waals surface area (Å²) >= 11 is 0. The van der Waals surface area contributed by atoms with E-state index in [0.29, 0.717) is 24.3 Å². The zero-order valence-electron chi connectivity index (χ0n) is 14.3. The molecule has 6 nitrogen and oxygen atoms in total. The van der Waals surface area contributed by atoms with Crippen molar-refractivity contribution in [2.45, 2.75) is 13.5 Å². The molecule has 6 heteroatoms. The van der Waals surface area contributed by atoms with Crippen molar-refractivity contribution >= 4 is 17.0 Å². The first-order valence-electron chi connectivity index (χ1n) is 8.06. The van der Waals surface area contributed by atoms with Crippen LogP contribution in [0, 0.1) is 6.92 Å². The highest BCUT2D eigenvalue weighted by Crippen LogP contribution is 2.12. The second-order valence-electron chi connectivity index (χ2n) is 5.90. The molecule has 0 saturated carbocycles. The molecule has 25 heavy (non-hydrogen) atoms. The van der Waals surface area contributed by atoms with Gasteiger partial charge in [-0.1, -0.05) is 29.8 Å². The zero-order valence-corrected chi connectivity index (χ0v) is 14.3. The summed E-state index contributed by atoms with van der Waals surface area (Å²) in [5.41, 5.74) is 2.26. The minimum Gasteiger partial charge on any atom is -0.492 e. The van der Waals surface area contributed by atoms with Crippen molar-refractivity contribution in [3.8, 4) is 5.75 Å². The Morgan fingerprint density at radius 1 is 1.16 bits per heavy atom. The van der Waals surface area contributed by atoms with Gasteiger partial charge in [0.1, 0.15) is 18.9 Å². The third-order valence-electron chi connectivity index (χ3n) is 4.01. The third kappa shape index (κ3) is 3.91. The van der Waals surface area contributed by atoms with Crippen LogP contribution >= 0.6 is 0 Å². The molecule has 0 bridgehead atoms. The van der Waals surface area contributed by atoms with Crippen LogP contribution in [0.5, 0.6) is 5.75 Å². The fraction of sp³-hybridized carbons (Fsp3) is 0.263. The molecule has 2 aromatic carbocycles. The lowest BCUT2D eigenvalue weighted by Gasteiger charge is -2.17. The smallest absolute Gasteiger partial charge is 0.420 e. The minimum absolute atomic E-state index is 0.0587. The van der Waals surface area contributed by atoms with Crippen LogP contribution in [0.1, 0.15) is 5.56 Å². The molecule has 0 unspecified atom stereocenters. The molecule has 1 aromatic heterocycles. The average molecular weight is 340 g/mol. The van der Waals surface area contributed by atoms with E-state index in [-0.39, 0.29) is 12.5 Å². The number of benzene rings is 2. The molecular formula is C19H20N2O4. The number of rotatable bonds is 6. The highest BCUT2D eigenvalue weighted by molar-refractivity contribution is 5.79. The summed E-state index contributed by atoms with van der Waals surface area (Å²) in [6.45, 7) is 2.76. The predicted molar refractivity (Wildman–Crippen MR) is 94.8 cm³/mol. The number of ether oxygens (including phenoxy) is 1. The maximum absolute atomic E-state index is 12.4. The van der Waals surface area contributed by atoms with Crippen molar-refractivity contribution in [2.75, 3.05) is 20.2 Å². The standard InChI is InChI=1S/C19H20N2O4/c1-14-7-9-15(10-8-14)24-12-11-20(2)18(22)13-21-16-5-3-4-6-17(16)25-19(21)23/h3-10H,11-13H2,1-2H3. The van der Waals surface area contributed by atoms with E-state index in [2.05, 4.69) is 0 Å². The number of oxazole rings is 1. The molecular weight excluding hydrogens is 320 g/mol. The van der Waals surface area contributed by atoms with Gasteiger partial charge in [0.25, 0.3) is 0 Å². The largest absolute Gasteiger partial charge is 0.492 e. The van der Waals surface area contributed by atoms with Crippen LogP contribution < -0.4 is 10.5 Å². The van der Waals surface area contributed by atoms with Crippen molar-refractivity contribution in [3.63, 3.8) is 0 Å². The summed E-state index contributed by atoms with van der Waals surface area (Å²) < 4.78 is 12.1. The predicted octanol–water partition coefficient (Wildman–Crippen LogP) is 2.44. The molecule has 0 aliphatic heterocycles. The highest BCUT2D eigenvalue weighted by Gasteiger charge is 2.15. The van der Waals surface area contributed by atoms with Crippen LogP contribution in [0.2, 0.25) is 0 Å². The number of carbonyl (C=O) groups is 1. The molecule has 130 valence electrons. The number of aryl methyl sites for hydroxylation is 1. The summed E-state index contributed by atoms with van der Waals surface area (Å²) in [4.78, 5) is 25.8. The fourth-order valence-electron chi connectivity index (χ4n) is 2.48. The van der Waals surface area contributed by atoms with E-state index in [1.54, 1.807) is 36.2 Å². The van der Waals surface area contributed by atoms with Gasteiger partial charge in [0.2, 0.25) is 5.91 Å². The Morgan fingerprint density at radius 2 is 1.88 bits per heavy atom. The fourth-order valence-corrected chi connectivity index (χ4v) is 2.48. The number of hydrogen-bond donors (Lipinski definition) is 0. The van der Waals surface area contributed by atoms with Crippen LogP contribution in [-0.2, 0) is 11.3 Å². The molecule has 0 radical (unpaired) electrons. The Hall–Kier alpha value is -3.02. The van der Waals surface area contributed by atoms with Crippen LogP contribution in [0.3, 0.4) is 0 Å². The number of nitrogens with zero attached hydrogens (tertiary/aromatic N) is 2. The first-order valence-corrected chi connectivity index (χ1v) is 8.06. The maximum atomic E-state index is 12.4. The summed E-state index contributed by atoms with van der Waals surface area (Å²) in [7, 11) is 1.69. The van der Waals surface area contributed by atoms with Gasteiger partial charge in [-0.3, -0.25) is 9.36 Å². The summed E-state index contributed by atoms with van der Waals surface area (Å²) in [6, 6.07) is 14.8. The topological polar surface area (TPSA) is 64.7 Å². The summed E-state index contributed by atoms with van der Waals surface area (Å²) in [5.74, 6) is 0.0588. The normalized spacial score (nSPS) is 10.8. The third-order valence-corrected chi connectivity index (χ3v) is 4.01. The Labute approximate surface area is 145 Å². The van der Waals surface area contributed by atoms with Gasteiger partial charge in [0.15, 0.2) is 5.58 Å². The molecule has 0 aliphatic rings. The van der Waals surface area contributed by atoms with Crippen LogP contribution in [0.25, 0.3) is 11.1 Å². The van der Waals surface area contributed by atoms with E-state index in [4.69, 9.17) is 9.15 Å². The average Bonchev–Trinajstić information content (AvgIpc) is 2.92. The van der Waals surface area contributed by atoms with Gasteiger partial charge in [-0.25, -0.2) is 4.79 Å². The van der Waals surface area contributed by atoms with E-state index in [0.717, 1.165) is 11.3 Å². The molecule has 0 N–H and O–H groups in total. The second-order valence-corrected chi connectivity index (χ2v) is 5.90. The van der Waals surface area contributed by atoms with E-state index >= 15 is 0 Å². The van der Waals surface area contributed by atoms with Crippen molar-refractivity contribution in [2.24, 2.45) is 0 Å². The Kier molecular flexibility index (Phi) is 4.88. The molecule has 3 rings (SSSR count). The van der Waals surface area contributed by atoms with Crippen molar-refractivity contribution < 1.29 is 13.9 Å². The minimum atomic E-state index is -0.529. The molecule has 0 saturated heterocycles. The van der Waals surface area contributed by atoms with E-state index < -0.39 is 5.76 Å². The lowest BCUT2D eigenvalue weighted by molar-refractivity contribution is -0.130. The molecule has 0 aliphatic carbocycles. The lowest BCUT2D eigenvalue weighted by Crippen LogP contribution is -2.35. The summed E-state index contributed by atoms with van der Waals surface area (Å²) in [5, 5.41) is 0. The second kappa shape index (κ2) is 7.25. The Morgan fingerprint density at radius 3 is 2.64 bits per heavy atom.